The predicted molar refractivity (Wildman–Crippen MR) is 81.4 cm³/mol. The van der Waals surface area contributed by atoms with E-state index in [2.05, 4.69) is 4.52 Å². The van der Waals surface area contributed by atoms with Gasteiger partial charge in [0.05, 0.1) is 5.02 Å². The number of ether oxygens (including phenoxy) is 2. The standard InChI is InChI=1S/C13H17Cl2O6P.Na/c1-3-4-13(22(17,18)19-2)21-12(16)8-20-11-6-5-9(14)7-10(11)15;/h5-7,13H,3-4,8H2,1-2H3,(H,17,18);/q;+1/p-1. The molecule has 2 atom stereocenters. The number of halogens is 2. The number of carbonyl (C=O) groups excluding carboxylic acids is 1. The maximum Gasteiger partial charge on any atom is 1.00 e. The van der Waals surface area contributed by atoms with Crippen molar-refractivity contribution in [2.45, 2.75) is 25.6 Å². The first-order valence-corrected chi connectivity index (χ1v) is 8.80. The summed E-state index contributed by atoms with van der Waals surface area (Å²) in [6.45, 7) is 1.28. The van der Waals surface area contributed by atoms with E-state index in [1.165, 1.54) is 12.1 Å². The molecule has 6 nitrogen and oxygen atoms in total. The van der Waals surface area contributed by atoms with E-state index in [4.69, 9.17) is 32.7 Å². The largest absolute Gasteiger partial charge is 1.00 e. The number of rotatable bonds is 8. The van der Waals surface area contributed by atoms with Gasteiger partial charge in [-0.05, 0) is 24.6 Å². The molecule has 0 N–H and O–H groups in total. The van der Waals surface area contributed by atoms with Gasteiger partial charge >= 0.3 is 35.5 Å². The van der Waals surface area contributed by atoms with Gasteiger partial charge < -0.3 is 23.5 Å². The minimum atomic E-state index is -4.26. The summed E-state index contributed by atoms with van der Waals surface area (Å²) < 4.78 is 26.1. The molecule has 1 aromatic carbocycles. The SMILES string of the molecule is CCCC(OC(=O)COc1ccc(Cl)cc1Cl)P(=O)([O-])OC.[Na+]. The van der Waals surface area contributed by atoms with Crippen molar-refractivity contribution in [2.24, 2.45) is 0 Å². The van der Waals surface area contributed by atoms with Crippen LogP contribution in [-0.4, -0.2) is 25.5 Å². The van der Waals surface area contributed by atoms with E-state index in [0.717, 1.165) is 7.11 Å². The van der Waals surface area contributed by atoms with Crippen molar-refractivity contribution in [3.8, 4) is 5.75 Å². The zero-order chi connectivity index (χ0) is 16.8. The quantitative estimate of drug-likeness (QED) is 0.358. The van der Waals surface area contributed by atoms with Crippen molar-refractivity contribution >= 4 is 36.8 Å². The minimum absolute atomic E-state index is 0. The second kappa shape index (κ2) is 11.0. The van der Waals surface area contributed by atoms with Crippen LogP contribution < -0.4 is 39.2 Å². The molecule has 0 aliphatic heterocycles. The van der Waals surface area contributed by atoms with Crippen molar-refractivity contribution in [1.29, 1.82) is 0 Å². The second-order valence-corrected chi connectivity index (χ2v) is 7.18. The van der Waals surface area contributed by atoms with Crippen LogP contribution in [-0.2, 0) is 18.6 Å². The molecule has 0 aliphatic rings. The first-order chi connectivity index (χ1) is 10.3. The average Bonchev–Trinajstić information content (AvgIpc) is 2.46. The molecule has 0 saturated carbocycles. The molecule has 1 aromatic rings. The van der Waals surface area contributed by atoms with Gasteiger partial charge in [-0.1, -0.05) is 36.5 Å². The summed E-state index contributed by atoms with van der Waals surface area (Å²) in [6.07, 6.45) is 0.652. The van der Waals surface area contributed by atoms with Crippen LogP contribution in [0.4, 0.5) is 0 Å². The van der Waals surface area contributed by atoms with Gasteiger partial charge in [0.15, 0.2) is 20.0 Å². The van der Waals surface area contributed by atoms with Gasteiger partial charge in [0.1, 0.15) is 5.75 Å². The molecule has 10 heteroatoms. The number of hydrogen-bond acceptors (Lipinski definition) is 6. The fourth-order valence-corrected chi connectivity index (χ4v) is 3.08. The summed E-state index contributed by atoms with van der Waals surface area (Å²) in [4.78, 5) is 23.4. The van der Waals surface area contributed by atoms with Crippen LogP contribution in [0.1, 0.15) is 19.8 Å². The van der Waals surface area contributed by atoms with E-state index in [1.807, 2.05) is 0 Å². The Morgan fingerprint density at radius 2 is 2.04 bits per heavy atom. The number of esters is 1. The average molecular weight is 393 g/mol. The van der Waals surface area contributed by atoms with Crippen molar-refractivity contribution in [1.82, 2.24) is 0 Å². The summed E-state index contributed by atoms with van der Waals surface area (Å²) in [6, 6.07) is 4.50. The molecular formula is C13H16Cl2NaO6P. The third-order valence-electron chi connectivity index (χ3n) is 2.65. The van der Waals surface area contributed by atoms with Crippen molar-refractivity contribution < 1.29 is 57.8 Å². The fraction of sp³-hybridized carbons (Fsp3) is 0.462. The molecule has 1 rings (SSSR count). The van der Waals surface area contributed by atoms with Crippen LogP contribution in [0, 0.1) is 0 Å². The molecule has 0 heterocycles. The maximum atomic E-state index is 11.7. The Morgan fingerprint density at radius 3 is 2.57 bits per heavy atom. The van der Waals surface area contributed by atoms with E-state index in [1.54, 1.807) is 13.0 Å². The van der Waals surface area contributed by atoms with Gasteiger partial charge in [0, 0.05) is 12.1 Å². The Bertz CT molecular complexity index is 571. The molecular weight excluding hydrogens is 377 g/mol. The molecule has 0 fully saturated rings. The second-order valence-electron chi connectivity index (χ2n) is 4.32. The number of benzene rings is 1. The Kier molecular flexibility index (Phi) is 11.1. The van der Waals surface area contributed by atoms with Crippen LogP contribution in [0.5, 0.6) is 5.75 Å². The molecule has 2 unspecified atom stereocenters. The molecule has 0 saturated heterocycles. The zero-order valence-electron chi connectivity index (χ0n) is 13.1. The van der Waals surface area contributed by atoms with E-state index in [-0.39, 0.29) is 46.8 Å². The predicted octanol–water partition coefficient (Wildman–Crippen LogP) is 0.245. The first kappa shape index (κ1) is 23.2. The van der Waals surface area contributed by atoms with Gasteiger partial charge in [0.2, 0.25) is 0 Å². The minimum Gasteiger partial charge on any atom is -0.776 e. The van der Waals surface area contributed by atoms with E-state index >= 15 is 0 Å². The van der Waals surface area contributed by atoms with Gasteiger partial charge in [-0.2, -0.15) is 0 Å². The third-order valence-corrected chi connectivity index (χ3v) is 4.76. The van der Waals surface area contributed by atoms with Crippen LogP contribution in [0.2, 0.25) is 10.0 Å². The van der Waals surface area contributed by atoms with E-state index < -0.39 is 26.0 Å². The van der Waals surface area contributed by atoms with Gasteiger partial charge in [-0.3, -0.25) is 0 Å². The summed E-state index contributed by atoms with van der Waals surface area (Å²) in [5.41, 5.74) is 0. The van der Waals surface area contributed by atoms with Crippen molar-refractivity contribution in [3.05, 3.63) is 28.2 Å². The Labute approximate surface area is 167 Å². The van der Waals surface area contributed by atoms with Crippen molar-refractivity contribution in [2.75, 3.05) is 13.7 Å². The van der Waals surface area contributed by atoms with Gasteiger partial charge in [-0.25, -0.2) is 4.79 Å². The molecule has 0 spiro atoms. The van der Waals surface area contributed by atoms with Crippen LogP contribution >= 0.6 is 30.8 Å². The van der Waals surface area contributed by atoms with E-state index in [9.17, 15) is 14.3 Å². The normalized spacial score (nSPS) is 14.3. The molecule has 0 aromatic heterocycles. The smallest absolute Gasteiger partial charge is 0.776 e. The topological polar surface area (TPSA) is 84.9 Å². The summed E-state index contributed by atoms with van der Waals surface area (Å²) in [5, 5.41) is 0.659. The number of hydrogen-bond donors (Lipinski definition) is 0. The summed E-state index contributed by atoms with van der Waals surface area (Å²) in [5.74, 6) is -1.93. The molecule has 0 radical (unpaired) electrons. The van der Waals surface area contributed by atoms with E-state index in [0.29, 0.717) is 11.4 Å². The molecule has 0 amide bonds. The van der Waals surface area contributed by atoms with Crippen LogP contribution in [0.15, 0.2) is 18.2 Å². The van der Waals surface area contributed by atoms with Crippen LogP contribution in [0.3, 0.4) is 0 Å². The monoisotopic (exact) mass is 392 g/mol. The fourth-order valence-electron chi connectivity index (χ4n) is 1.56. The number of carbonyl (C=O) groups is 1. The van der Waals surface area contributed by atoms with Crippen molar-refractivity contribution in [3.63, 3.8) is 0 Å². The molecule has 23 heavy (non-hydrogen) atoms. The molecule has 124 valence electrons. The zero-order valence-corrected chi connectivity index (χ0v) is 17.5. The third kappa shape index (κ3) is 7.76. The Balaban J connectivity index is 0.00000484. The van der Waals surface area contributed by atoms with Crippen LogP contribution in [0.25, 0.3) is 0 Å². The maximum absolute atomic E-state index is 11.7. The van der Waals surface area contributed by atoms with Gasteiger partial charge in [0.25, 0.3) is 0 Å². The molecule has 0 aliphatic carbocycles. The Hall–Kier alpha value is 0.220. The molecule has 0 bridgehead atoms. The summed E-state index contributed by atoms with van der Waals surface area (Å²) >= 11 is 11.6. The summed E-state index contributed by atoms with van der Waals surface area (Å²) in [7, 11) is -3.24. The first-order valence-electron chi connectivity index (χ1n) is 6.44. The van der Waals surface area contributed by atoms with Gasteiger partial charge in [-0.15, -0.1) is 0 Å². The Morgan fingerprint density at radius 1 is 1.39 bits per heavy atom.